The Bertz CT molecular complexity index is 44.2. The Kier molecular flexibility index (Phi) is 13.8. The fourth-order valence-corrected chi connectivity index (χ4v) is 0. The van der Waals surface area contributed by atoms with E-state index in [9.17, 15) is 0 Å². The molecule has 0 aromatic carbocycles. The Morgan fingerprint density at radius 2 is 2.00 bits per heavy atom. The molecule has 0 rings (SSSR count). The average Bonchev–Trinajstić information content (AvgIpc) is 1.33. The third kappa shape index (κ3) is 5750. The van der Waals surface area contributed by atoms with Crippen LogP contribution in [0.5, 0.6) is 0 Å². The number of hydrogen-bond acceptors (Lipinski definition) is 2. The Morgan fingerprint density at radius 3 is 2.00 bits per heavy atom. The molecule has 0 saturated heterocycles. The summed E-state index contributed by atoms with van der Waals surface area (Å²) >= 11 is 1.07. The van der Waals surface area contributed by atoms with Gasteiger partial charge in [0.05, 0.1) is 0 Å². The molecule has 0 aliphatic rings. The van der Waals surface area contributed by atoms with Crippen LogP contribution in [0.25, 0.3) is 0 Å². The number of hydrogen-bond donors (Lipinski definition) is 1. The predicted molar refractivity (Wildman–Crippen MR) is 19.3 cm³/mol. The minimum atomic E-state index is -1.50. The Balaban J connectivity index is 0. The van der Waals surface area contributed by atoms with Gasteiger partial charge in [0.1, 0.15) is 0 Å². The summed E-state index contributed by atoms with van der Waals surface area (Å²) in [6.45, 7) is 2.21. The Morgan fingerprint density at radius 1 is 2.00 bits per heavy atom. The molecule has 0 bridgehead atoms. The standard InChI is InChI=1S/C2H5.Hg.HNO3/c1-2;;2-1(3)4/h1H2,2H3;;(H,2,3,4). The molecule has 0 radical (unpaired) electrons. The molecular formula is C2H6HgNO3. The van der Waals surface area contributed by atoms with Gasteiger partial charge in [-0.25, -0.2) is 0 Å². The van der Waals surface area contributed by atoms with Crippen molar-refractivity contribution >= 4 is 0 Å². The predicted octanol–water partition coefficient (Wildman–Crippen LogP) is 0.624. The second kappa shape index (κ2) is 9.46. The fourth-order valence-electron chi connectivity index (χ4n) is 0. The van der Waals surface area contributed by atoms with Crippen molar-refractivity contribution in [2.45, 2.75) is 10.9 Å². The quantitative estimate of drug-likeness (QED) is 0.404. The van der Waals surface area contributed by atoms with E-state index in [1.807, 2.05) is 0 Å². The first-order valence-electron chi connectivity index (χ1n) is 1.77. The SMILES string of the molecule is C[CH2][Hg].O=[N+]([O-])O. The maximum atomic E-state index is 8.36. The van der Waals surface area contributed by atoms with Crippen LogP contribution in [-0.2, 0) is 26.1 Å². The second-order valence-corrected chi connectivity index (χ2v) is 4.63. The topological polar surface area (TPSA) is 63.4 Å². The van der Waals surface area contributed by atoms with Gasteiger partial charge in [-0.3, -0.25) is 0 Å². The van der Waals surface area contributed by atoms with Gasteiger partial charge >= 0.3 is 37.0 Å². The maximum absolute atomic E-state index is 8.36. The van der Waals surface area contributed by atoms with Crippen LogP contribution in [0.2, 0.25) is 3.93 Å². The summed E-state index contributed by atoms with van der Waals surface area (Å²) < 4.78 is 1.44. The first-order valence-corrected chi connectivity index (χ1v) is 5.66. The zero-order chi connectivity index (χ0) is 6.28. The zero-order valence-electron chi connectivity index (χ0n) is 4.13. The van der Waals surface area contributed by atoms with Gasteiger partial charge in [0, 0.05) is 0 Å². The van der Waals surface area contributed by atoms with Gasteiger partial charge in [-0.1, -0.05) is 0 Å². The normalized spacial score (nSPS) is 6.14. The van der Waals surface area contributed by atoms with Gasteiger partial charge in [-0.15, -0.1) is 10.1 Å². The van der Waals surface area contributed by atoms with Gasteiger partial charge < -0.3 is 5.21 Å². The second-order valence-electron chi connectivity index (χ2n) is 0.738. The zero-order valence-corrected chi connectivity index (χ0v) is 9.62. The molecular weight excluding hydrogens is 287 g/mol. The first-order chi connectivity index (χ1) is 3.15. The molecule has 0 unspecified atom stereocenters. The first kappa shape index (κ1) is 10.2. The van der Waals surface area contributed by atoms with E-state index in [0.717, 1.165) is 26.1 Å². The van der Waals surface area contributed by atoms with E-state index >= 15 is 0 Å². The molecule has 0 atom stereocenters. The van der Waals surface area contributed by atoms with E-state index in [-0.39, 0.29) is 0 Å². The van der Waals surface area contributed by atoms with Crippen molar-refractivity contribution in [2.75, 3.05) is 0 Å². The summed E-state index contributed by atoms with van der Waals surface area (Å²) in [4.78, 5) is 8.36. The van der Waals surface area contributed by atoms with Crippen molar-refractivity contribution in [2.24, 2.45) is 0 Å². The van der Waals surface area contributed by atoms with Crippen molar-refractivity contribution in [1.82, 2.24) is 0 Å². The molecule has 5 heteroatoms. The Hall–Kier alpha value is 0.135. The summed E-state index contributed by atoms with van der Waals surface area (Å²) in [5.74, 6) is 0. The van der Waals surface area contributed by atoms with Crippen LogP contribution in [-0.4, -0.2) is 10.3 Å². The van der Waals surface area contributed by atoms with Crippen molar-refractivity contribution in [1.29, 1.82) is 0 Å². The third-order valence-corrected chi connectivity index (χ3v) is 0. The van der Waals surface area contributed by atoms with Gasteiger partial charge in [-0.05, 0) is 0 Å². The molecule has 0 aliphatic carbocycles. The van der Waals surface area contributed by atoms with E-state index in [4.69, 9.17) is 15.3 Å². The number of nitrogens with zero attached hydrogens (tertiary/aromatic N) is 1. The van der Waals surface area contributed by atoms with E-state index in [1.54, 1.807) is 0 Å². The summed E-state index contributed by atoms with van der Waals surface area (Å²) in [5, 5.41) is 13.6. The molecule has 0 fully saturated rings. The minimum Gasteiger partial charge on any atom is -0.328 e. The van der Waals surface area contributed by atoms with Crippen LogP contribution in [0.15, 0.2) is 0 Å². The van der Waals surface area contributed by atoms with Gasteiger partial charge in [0.2, 0.25) is 0 Å². The van der Waals surface area contributed by atoms with Crippen molar-refractivity contribution in [3.8, 4) is 0 Å². The van der Waals surface area contributed by atoms with Gasteiger partial charge in [0.15, 0.2) is 0 Å². The molecule has 0 aromatic rings. The Labute approximate surface area is 57.6 Å². The summed E-state index contributed by atoms with van der Waals surface area (Å²) in [6.07, 6.45) is 0. The monoisotopic (exact) mass is 294 g/mol. The molecule has 0 saturated carbocycles. The van der Waals surface area contributed by atoms with Crippen molar-refractivity contribution < 1.29 is 36.4 Å². The smallest absolute Gasteiger partial charge is 0.291 e. The molecule has 0 aromatic heterocycles. The van der Waals surface area contributed by atoms with Gasteiger partial charge in [0.25, 0.3) is 5.09 Å². The van der Waals surface area contributed by atoms with E-state index in [0.29, 0.717) is 0 Å². The van der Waals surface area contributed by atoms with Crippen LogP contribution in [0.3, 0.4) is 0 Å². The van der Waals surface area contributed by atoms with Crippen LogP contribution in [0.4, 0.5) is 0 Å². The largest absolute Gasteiger partial charge is 0.328 e. The van der Waals surface area contributed by atoms with E-state index in [2.05, 4.69) is 6.92 Å². The van der Waals surface area contributed by atoms with E-state index < -0.39 is 5.09 Å². The maximum Gasteiger partial charge on any atom is 0.291 e. The minimum absolute atomic E-state index is 1.07. The molecule has 39 valence electrons. The molecule has 0 heterocycles. The summed E-state index contributed by atoms with van der Waals surface area (Å²) in [6, 6.07) is 0. The molecule has 0 spiro atoms. The summed E-state index contributed by atoms with van der Waals surface area (Å²) in [7, 11) is 0. The van der Waals surface area contributed by atoms with E-state index in [1.165, 1.54) is 3.93 Å². The average molecular weight is 293 g/mol. The van der Waals surface area contributed by atoms with Crippen LogP contribution >= 0.6 is 0 Å². The molecule has 1 N–H and O–H groups in total. The van der Waals surface area contributed by atoms with Crippen molar-refractivity contribution in [3.63, 3.8) is 0 Å². The van der Waals surface area contributed by atoms with Crippen LogP contribution < -0.4 is 0 Å². The van der Waals surface area contributed by atoms with Gasteiger partial charge in [-0.2, -0.15) is 0 Å². The molecule has 0 aliphatic heterocycles. The molecule has 0 amide bonds. The summed E-state index contributed by atoms with van der Waals surface area (Å²) in [5.41, 5.74) is 0. The molecule has 4 nitrogen and oxygen atoms in total. The van der Waals surface area contributed by atoms with Crippen LogP contribution in [0, 0.1) is 10.1 Å². The van der Waals surface area contributed by atoms with Crippen LogP contribution in [0.1, 0.15) is 6.92 Å². The fraction of sp³-hybridized carbons (Fsp3) is 1.00. The molecule has 7 heavy (non-hydrogen) atoms. The number of rotatable bonds is 0. The van der Waals surface area contributed by atoms with Crippen molar-refractivity contribution in [3.05, 3.63) is 10.1 Å². The third-order valence-electron chi connectivity index (χ3n) is 0.